The minimum atomic E-state index is -0.283. The molecule has 1 saturated heterocycles. The highest BCUT2D eigenvalue weighted by molar-refractivity contribution is 8.00. The normalized spacial score (nSPS) is 26.4. The van der Waals surface area contributed by atoms with Gasteiger partial charge in [0.2, 0.25) is 0 Å². The summed E-state index contributed by atoms with van der Waals surface area (Å²) in [5, 5.41) is 12.9. The molecule has 1 heterocycles. The molecule has 0 aliphatic carbocycles. The van der Waals surface area contributed by atoms with Gasteiger partial charge in [0, 0.05) is 11.7 Å². The lowest BCUT2D eigenvalue weighted by Gasteiger charge is -2.33. The summed E-state index contributed by atoms with van der Waals surface area (Å²) in [6.07, 6.45) is 0.681. The van der Waals surface area contributed by atoms with E-state index in [1.165, 1.54) is 22.3 Å². The number of oxime groups is 1. The van der Waals surface area contributed by atoms with Gasteiger partial charge in [0.25, 0.3) is 0 Å². The molecule has 3 unspecified atom stereocenters. The van der Waals surface area contributed by atoms with Crippen molar-refractivity contribution in [2.45, 2.75) is 36.1 Å². The lowest BCUT2D eigenvalue weighted by atomic mass is 9.98. The van der Waals surface area contributed by atoms with Crippen molar-refractivity contribution in [2.24, 2.45) is 5.16 Å². The van der Waals surface area contributed by atoms with Crippen LogP contribution in [0, 0.1) is 13.8 Å². The summed E-state index contributed by atoms with van der Waals surface area (Å²) < 4.78 is 0. The lowest BCUT2D eigenvalue weighted by Crippen LogP contribution is -2.28. The molecule has 0 saturated carbocycles. The first-order valence-electron chi connectivity index (χ1n) is 7.72. The third-order valence-corrected chi connectivity index (χ3v) is 6.53. The Kier molecular flexibility index (Phi) is 4.98. The first-order chi connectivity index (χ1) is 11.1. The third kappa shape index (κ3) is 3.56. The van der Waals surface area contributed by atoms with Gasteiger partial charge in [-0.2, -0.15) is 0 Å². The molecule has 1 aliphatic rings. The van der Waals surface area contributed by atoms with Crippen molar-refractivity contribution in [2.75, 3.05) is 0 Å². The van der Waals surface area contributed by atoms with Gasteiger partial charge in [-0.15, -0.1) is 23.4 Å². The Balaban J connectivity index is 1.92. The van der Waals surface area contributed by atoms with Gasteiger partial charge in [-0.25, -0.2) is 0 Å². The summed E-state index contributed by atoms with van der Waals surface area (Å²) in [4.78, 5) is 0. The minimum absolute atomic E-state index is 0.0863. The van der Waals surface area contributed by atoms with E-state index in [0.29, 0.717) is 12.1 Å². The van der Waals surface area contributed by atoms with Crippen LogP contribution in [0.4, 0.5) is 0 Å². The first kappa shape index (κ1) is 16.4. The molecule has 3 atom stereocenters. The highest BCUT2D eigenvalue weighted by Gasteiger charge is 2.36. The van der Waals surface area contributed by atoms with Crippen LogP contribution >= 0.6 is 23.4 Å². The van der Waals surface area contributed by atoms with E-state index < -0.39 is 0 Å². The highest BCUT2D eigenvalue weighted by Crippen LogP contribution is 2.50. The maximum atomic E-state index is 9.37. The van der Waals surface area contributed by atoms with Crippen molar-refractivity contribution in [3.63, 3.8) is 0 Å². The van der Waals surface area contributed by atoms with Crippen molar-refractivity contribution in [1.82, 2.24) is 0 Å². The van der Waals surface area contributed by atoms with Gasteiger partial charge >= 0.3 is 0 Å². The number of hydrogen-bond acceptors (Lipinski definition) is 3. The molecule has 0 spiro atoms. The molecule has 2 aromatic rings. The zero-order valence-electron chi connectivity index (χ0n) is 13.2. The van der Waals surface area contributed by atoms with Gasteiger partial charge in [0.05, 0.1) is 16.3 Å². The molecule has 120 valence electrons. The molecule has 3 rings (SSSR count). The molecule has 0 bridgehead atoms. The number of aryl methyl sites for hydroxylation is 2. The van der Waals surface area contributed by atoms with Crippen LogP contribution in [0.5, 0.6) is 0 Å². The number of hydrogen-bond donors (Lipinski definition) is 1. The highest BCUT2D eigenvalue weighted by atomic mass is 35.5. The summed E-state index contributed by atoms with van der Waals surface area (Å²) in [5.74, 6) is 0. The number of nitrogens with zero attached hydrogens (tertiary/aromatic N) is 1. The zero-order chi connectivity index (χ0) is 16.4. The van der Waals surface area contributed by atoms with Gasteiger partial charge in [0.15, 0.2) is 0 Å². The number of alkyl halides is 1. The van der Waals surface area contributed by atoms with Crippen LogP contribution in [0.1, 0.15) is 39.2 Å². The van der Waals surface area contributed by atoms with Crippen LogP contribution in [0.3, 0.4) is 0 Å². The maximum Gasteiger partial charge on any atom is 0.0911 e. The molecular weight excluding hydrogens is 326 g/mol. The summed E-state index contributed by atoms with van der Waals surface area (Å²) in [7, 11) is 0. The van der Waals surface area contributed by atoms with E-state index in [0.717, 1.165) is 0 Å². The number of thioether (sulfide) groups is 1. The standard InChI is InChI=1S/C19H20ClNOS/c1-12-3-7-14(8-4-12)17-11-16(21-22)18(20)19(23-17)15-9-5-13(2)6-10-15/h3-10,17-19,22H,11H2,1-2H3/b21-16-. The van der Waals surface area contributed by atoms with Crippen molar-refractivity contribution in [3.05, 3.63) is 70.8 Å². The molecule has 1 aliphatic heterocycles. The molecule has 0 radical (unpaired) electrons. The SMILES string of the molecule is Cc1ccc(C2C/C(=N/O)C(Cl)C(c3ccc(C)cc3)S2)cc1. The number of benzene rings is 2. The van der Waals surface area contributed by atoms with Gasteiger partial charge in [-0.1, -0.05) is 64.8 Å². The second kappa shape index (κ2) is 6.98. The maximum absolute atomic E-state index is 9.37. The Hall–Kier alpha value is -1.45. The fraction of sp³-hybridized carbons (Fsp3) is 0.316. The Bertz CT molecular complexity index is 696. The second-order valence-corrected chi connectivity index (χ2v) is 7.88. The molecule has 1 N–H and O–H groups in total. The van der Waals surface area contributed by atoms with Crippen LogP contribution in [-0.2, 0) is 0 Å². The lowest BCUT2D eigenvalue weighted by molar-refractivity contribution is 0.316. The van der Waals surface area contributed by atoms with Crippen LogP contribution in [0.2, 0.25) is 0 Å². The fourth-order valence-electron chi connectivity index (χ4n) is 2.85. The molecule has 1 fully saturated rings. The average Bonchev–Trinajstić information content (AvgIpc) is 2.57. The molecule has 2 aromatic carbocycles. The summed E-state index contributed by atoms with van der Waals surface area (Å²) in [6, 6.07) is 17.0. The topological polar surface area (TPSA) is 32.6 Å². The van der Waals surface area contributed by atoms with Crippen LogP contribution in [0.15, 0.2) is 53.7 Å². The van der Waals surface area contributed by atoms with Crippen LogP contribution in [0.25, 0.3) is 0 Å². The molecule has 2 nitrogen and oxygen atoms in total. The Morgan fingerprint density at radius 2 is 1.48 bits per heavy atom. The van der Waals surface area contributed by atoms with E-state index in [4.69, 9.17) is 11.6 Å². The molecule has 0 amide bonds. The summed E-state index contributed by atoms with van der Waals surface area (Å²) in [6.45, 7) is 4.16. The monoisotopic (exact) mass is 345 g/mol. The third-order valence-electron chi connectivity index (χ3n) is 4.27. The van der Waals surface area contributed by atoms with Gasteiger partial charge in [0.1, 0.15) is 0 Å². The smallest absolute Gasteiger partial charge is 0.0911 e. The van der Waals surface area contributed by atoms with E-state index >= 15 is 0 Å². The van der Waals surface area contributed by atoms with Gasteiger partial charge in [-0.3, -0.25) is 0 Å². The quantitative estimate of drug-likeness (QED) is 0.432. The van der Waals surface area contributed by atoms with Crippen molar-refractivity contribution in [1.29, 1.82) is 0 Å². The van der Waals surface area contributed by atoms with Crippen molar-refractivity contribution in [3.8, 4) is 0 Å². The second-order valence-electron chi connectivity index (χ2n) is 6.06. The molecular formula is C19H20ClNOS. The van der Waals surface area contributed by atoms with Crippen molar-refractivity contribution >= 4 is 29.1 Å². The van der Waals surface area contributed by atoms with Crippen LogP contribution in [-0.4, -0.2) is 16.3 Å². The Labute approximate surface area is 146 Å². The van der Waals surface area contributed by atoms with E-state index in [1.54, 1.807) is 0 Å². The van der Waals surface area contributed by atoms with E-state index in [-0.39, 0.29) is 15.9 Å². The predicted molar refractivity (Wildman–Crippen MR) is 98.9 cm³/mol. The van der Waals surface area contributed by atoms with E-state index in [2.05, 4.69) is 67.5 Å². The zero-order valence-corrected chi connectivity index (χ0v) is 14.8. The molecule has 0 aromatic heterocycles. The van der Waals surface area contributed by atoms with Crippen molar-refractivity contribution < 1.29 is 5.21 Å². The predicted octanol–water partition coefficient (Wildman–Crippen LogP) is 5.66. The van der Waals surface area contributed by atoms with Crippen LogP contribution < -0.4 is 0 Å². The summed E-state index contributed by atoms with van der Waals surface area (Å²) in [5.41, 5.74) is 5.57. The summed E-state index contributed by atoms with van der Waals surface area (Å²) >= 11 is 8.44. The Morgan fingerprint density at radius 1 is 0.957 bits per heavy atom. The molecule has 4 heteroatoms. The van der Waals surface area contributed by atoms with E-state index in [1.807, 2.05) is 11.8 Å². The fourth-order valence-corrected chi connectivity index (χ4v) is 4.85. The van der Waals surface area contributed by atoms with Gasteiger partial charge < -0.3 is 5.21 Å². The van der Waals surface area contributed by atoms with Gasteiger partial charge in [-0.05, 0) is 25.0 Å². The Morgan fingerprint density at radius 3 is 2.00 bits per heavy atom. The molecule has 23 heavy (non-hydrogen) atoms. The first-order valence-corrected chi connectivity index (χ1v) is 9.10. The average molecular weight is 346 g/mol. The van der Waals surface area contributed by atoms with E-state index in [9.17, 15) is 5.21 Å². The number of rotatable bonds is 2. The largest absolute Gasteiger partial charge is 0.411 e. The number of halogens is 1. The minimum Gasteiger partial charge on any atom is -0.411 e.